The Kier molecular flexibility index (Phi) is 4.70. The summed E-state index contributed by atoms with van der Waals surface area (Å²) in [6.07, 6.45) is 1.73. The van der Waals surface area contributed by atoms with Crippen LogP contribution >= 0.6 is 0 Å². The first-order valence-corrected chi connectivity index (χ1v) is 7.04. The zero-order valence-corrected chi connectivity index (χ0v) is 13.4. The number of hydrogen-bond acceptors (Lipinski definition) is 4. The van der Waals surface area contributed by atoms with Crippen LogP contribution in [-0.2, 0) is 12.0 Å². The van der Waals surface area contributed by atoms with Crippen molar-refractivity contribution >= 4 is 11.6 Å². The van der Waals surface area contributed by atoms with Gasteiger partial charge in [-0.2, -0.15) is 0 Å². The van der Waals surface area contributed by atoms with Crippen LogP contribution in [0.5, 0.6) is 5.75 Å². The van der Waals surface area contributed by atoms with Crippen LogP contribution in [0.1, 0.15) is 32.4 Å². The fourth-order valence-electron chi connectivity index (χ4n) is 1.74. The molecule has 0 aliphatic heterocycles. The average Bonchev–Trinajstić information content (AvgIpc) is 2.95. The molecule has 0 amide bonds. The quantitative estimate of drug-likeness (QED) is 0.670. The monoisotopic (exact) mass is 302 g/mol. The highest BCUT2D eigenvalue weighted by Gasteiger charge is 2.18. The van der Waals surface area contributed by atoms with Gasteiger partial charge in [-0.3, -0.25) is 0 Å². The number of hydrogen-bond donors (Lipinski definition) is 2. The lowest BCUT2D eigenvalue weighted by molar-refractivity contribution is 0.383. The Labute approximate surface area is 130 Å². The van der Waals surface area contributed by atoms with Gasteiger partial charge in [0.1, 0.15) is 18.1 Å². The van der Waals surface area contributed by atoms with E-state index in [9.17, 15) is 0 Å². The molecule has 1 aromatic heterocycles. The standard InChI is InChI=1S/C16H22N4O2/c1-16(2,3)13-9-18-14(22-13)10-19-15(17)20-11-5-7-12(21-4)8-6-11/h5-9H,10H2,1-4H3,(H3,17,19,20). The largest absolute Gasteiger partial charge is 0.497 e. The summed E-state index contributed by atoms with van der Waals surface area (Å²) in [5.74, 6) is 2.47. The summed E-state index contributed by atoms with van der Waals surface area (Å²) in [4.78, 5) is 8.43. The van der Waals surface area contributed by atoms with Crippen molar-refractivity contribution in [1.29, 1.82) is 0 Å². The van der Waals surface area contributed by atoms with E-state index in [-0.39, 0.29) is 5.41 Å². The summed E-state index contributed by atoms with van der Waals surface area (Å²) >= 11 is 0. The molecule has 0 aliphatic rings. The summed E-state index contributed by atoms with van der Waals surface area (Å²) < 4.78 is 10.8. The van der Waals surface area contributed by atoms with Crippen molar-refractivity contribution in [3.8, 4) is 5.75 Å². The SMILES string of the molecule is COc1ccc(NC(N)=NCc2ncc(C(C)(C)C)o2)cc1. The molecule has 22 heavy (non-hydrogen) atoms. The highest BCUT2D eigenvalue weighted by Crippen LogP contribution is 2.22. The van der Waals surface area contributed by atoms with Crippen molar-refractivity contribution < 1.29 is 9.15 Å². The normalized spacial score (nSPS) is 12.3. The van der Waals surface area contributed by atoms with E-state index in [0.29, 0.717) is 18.4 Å². The van der Waals surface area contributed by atoms with Gasteiger partial charge in [-0.15, -0.1) is 0 Å². The molecule has 0 radical (unpaired) electrons. The Morgan fingerprint density at radius 2 is 2.00 bits per heavy atom. The Morgan fingerprint density at radius 1 is 1.32 bits per heavy atom. The van der Waals surface area contributed by atoms with Crippen LogP contribution in [0.3, 0.4) is 0 Å². The van der Waals surface area contributed by atoms with E-state index in [0.717, 1.165) is 17.2 Å². The van der Waals surface area contributed by atoms with E-state index < -0.39 is 0 Å². The number of benzene rings is 1. The molecule has 0 atom stereocenters. The van der Waals surface area contributed by atoms with E-state index in [1.165, 1.54) is 0 Å². The van der Waals surface area contributed by atoms with Gasteiger partial charge in [-0.05, 0) is 24.3 Å². The van der Waals surface area contributed by atoms with Crippen LogP contribution in [0.2, 0.25) is 0 Å². The molecule has 0 saturated carbocycles. The number of methoxy groups -OCH3 is 1. The second kappa shape index (κ2) is 6.51. The van der Waals surface area contributed by atoms with Gasteiger partial charge < -0.3 is 20.2 Å². The fourth-order valence-corrected chi connectivity index (χ4v) is 1.74. The topological polar surface area (TPSA) is 85.7 Å². The molecule has 0 fully saturated rings. The lowest BCUT2D eigenvalue weighted by Gasteiger charge is -2.12. The van der Waals surface area contributed by atoms with Gasteiger partial charge in [0.2, 0.25) is 5.89 Å². The predicted octanol–water partition coefficient (Wildman–Crippen LogP) is 2.91. The van der Waals surface area contributed by atoms with Crippen LogP contribution in [0.15, 0.2) is 39.9 Å². The summed E-state index contributed by atoms with van der Waals surface area (Å²) in [6, 6.07) is 7.42. The molecular formula is C16H22N4O2. The Morgan fingerprint density at radius 3 is 2.55 bits per heavy atom. The lowest BCUT2D eigenvalue weighted by atomic mass is 9.94. The molecule has 0 bridgehead atoms. The van der Waals surface area contributed by atoms with Crippen molar-refractivity contribution in [2.75, 3.05) is 12.4 Å². The Balaban J connectivity index is 1.95. The number of oxazole rings is 1. The molecule has 0 saturated heterocycles. The number of aromatic nitrogens is 1. The molecule has 118 valence electrons. The maximum absolute atomic E-state index is 5.85. The smallest absolute Gasteiger partial charge is 0.216 e. The van der Waals surface area contributed by atoms with E-state index in [1.807, 2.05) is 24.3 Å². The van der Waals surface area contributed by atoms with Gasteiger partial charge in [-0.1, -0.05) is 20.8 Å². The molecule has 0 unspecified atom stereocenters. The van der Waals surface area contributed by atoms with Crippen LogP contribution < -0.4 is 15.8 Å². The molecular weight excluding hydrogens is 280 g/mol. The van der Waals surface area contributed by atoms with E-state index in [2.05, 4.69) is 36.1 Å². The Bertz CT molecular complexity index is 639. The number of nitrogens with two attached hydrogens (primary N) is 1. The first-order valence-electron chi connectivity index (χ1n) is 7.04. The van der Waals surface area contributed by atoms with Crippen molar-refractivity contribution in [2.24, 2.45) is 10.7 Å². The summed E-state index contributed by atoms with van der Waals surface area (Å²) in [5.41, 5.74) is 6.63. The molecule has 1 heterocycles. The molecule has 0 aliphatic carbocycles. The van der Waals surface area contributed by atoms with Crippen LogP contribution in [0.4, 0.5) is 5.69 Å². The number of nitrogens with zero attached hydrogens (tertiary/aromatic N) is 2. The number of nitrogens with one attached hydrogen (secondary N) is 1. The number of guanidine groups is 1. The van der Waals surface area contributed by atoms with Crippen molar-refractivity contribution in [1.82, 2.24) is 4.98 Å². The van der Waals surface area contributed by atoms with Gasteiger partial charge in [-0.25, -0.2) is 9.98 Å². The van der Waals surface area contributed by atoms with Crippen LogP contribution in [-0.4, -0.2) is 18.1 Å². The van der Waals surface area contributed by atoms with Gasteiger partial charge in [0, 0.05) is 11.1 Å². The van der Waals surface area contributed by atoms with E-state index >= 15 is 0 Å². The van der Waals surface area contributed by atoms with Crippen molar-refractivity contribution in [3.63, 3.8) is 0 Å². The first kappa shape index (κ1) is 15.9. The van der Waals surface area contributed by atoms with E-state index in [1.54, 1.807) is 13.3 Å². The molecule has 3 N–H and O–H groups in total. The first-order chi connectivity index (χ1) is 10.4. The van der Waals surface area contributed by atoms with Crippen molar-refractivity contribution in [2.45, 2.75) is 32.7 Å². The minimum absolute atomic E-state index is 0.0676. The number of aliphatic imine (C=N–C) groups is 1. The zero-order valence-electron chi connectivity index (χ0n) is 13.4. The minimum Gasteiger partial charge on any atom is -0.497 e. The molecule has 6 heteroatoms. The second-order valence-corrected chi connectivity index (χ2v) is 5.92. The maximum atomic E-state index is 5.85. The van der Waals surface area contributed by atoms with Gasteiger partial charge in [0.05, 0.1) is 13.3 Å². The van der Waals surface area contributed by atoms with Crippen LogP contribution in [0, 0.1) is 0 Å². The second-order valence-electron chi connectivity index (χ2n) is 5.92. The van der Waals surface area contributed by atoms with Gasteiger partial charge in [0.25, 0.3) is 0 Å². The lowest BCUT2D eigenvalue weighted by Crippen LogP contribution is -2.22. The molecule has 6 nitrogen and oxygen atoms in total. The molecule has 0 spiro atoms. The summed E-state index contributed by atoms with van der Waals surface area (Å²) in [5, 5.41) is 3.00. The average molecular weight is 302 g/mol. The third-order valence-electron chi connectivity index (χ3n) is 3.04. The fraction of sp³-hybridized carbons (Fsp3) is 0.375. The highest BCUT2D eigenvalue weighted by molar-refractivity contribution is 5.92. The number of ether oxygens (including phenoxy) is 1. The van der Waals surface area contributed by atoms with E-state index in [4.69, 9.17) is 14.9 Å². The third-order valence-corrected chi connectivity index (χ3v) is 3.04. The molecule has 2 rings (SSSR count). The summed E-state index contributed by atoms with van der Waals surface area (Å²) in [7, 11) is 1.63. The maximum Gasteiger partial charge on any atom is 0.216 e. The number of anilines is 1. The third kappa shape index (κ3) is 4.25. The Hall–Kier alpha value is -2.50. The van der Waals surface area contributed by atoms with Crippen molar-refractivity contribution in [3.05, 3.63) is 42.1 Å². The minimum atomic E-state index is -0.0676. The zero-order chi connectivity index (χ0) is 16.2. The van der Waals surface area contributed by atoms with Gasteiger partial charge in [0.15, 0.2) is 5.96 Å². The predicted molar refractivity (Wildman–Crippen MR) is 87.1 cm³/mol. The highest BCUT2D eigenvalue weighted by atomic mass is 16.5. The van der Waals surface area contributed by atoms with Gasteiger partial charge >= 0.3 is 0 Å². The molecule has 2 aromatic rings. The number of rotatable bonds is 4. The summed E-state index contributed by atoms with van der Waals surface area (Å²) in [6.45, 7) is 6.51. The molecule has 1 aromatic carbocycles. The van der Waals surface area contributed by atoms with Crippen LogP contribution in [0.25, 0.3) is 0 Å².